The van der Waals surface area contributed by atoms with Crippen LogP contribution in [0.25, 0.3) is 10.9 Å². The van der Waals surface area contributed by atoms with Crippen LogP contribution in [-0.2, 0) is 22.6 Å². The second-order valence-electron chi connectivity index (χ2n) is 10.3. The van der Waals surface area contributed by atoms with Gasteiger partial charge in [0.2, 0.25) is 17.6 Å². The molecule has 2 N–H and O–H groups in total. The normalized spacial score (nSPS) is 14.4. The molecule has 1 aliphatic carbocycles. The summed E-state index contributed by atoms with van der Waals surface area (Å²) in [6.45, 7) is 0.290. The fourth-order valence-corrected chi connectivity index (χ4v) is 6.40. The van der Waals surface area contributed by atoms with Gasteiger partial charge in [0.25, 0.3) is 0 Å². The van der Waals surface area contributed by atoms with Crippen LogP contribution >= 0.6 is 11.3 Å². The minimum atomic E-state index is -0.912. The van der Waals surface area contributed by atoms with Crippen LogP contribution in [0.5, 0.6) is 17.2 Å². The first kappa shape index (κ1) is 28.5. The maximum Gasteiger partial charge on any atom is 0.247 e. The van der Waals surface area contributed by atoms with Crippen molar-refractivity contribution >= 4 is 34.1 Å². The van der Waals surface area contributed by atoms with Gasteiger partial charge in [0.05, 0.1) is 34.3 Å². The Bertz CT molecular complexity index is 1450. The Hall–Kier alpha value is -3.98. The molecule has 0 bridgehead atoms. The largest absolute Gasteiger partial charge is 0.493 e. The molecular formula is C32H37N3O5S. The molecule has 0 spiro atoms. The monoisotopic (exact) mass is 575 g/mol. The van der Waals surface area contributed by atoms with Crippen molar-refractivity contribution in [2.45, 2.75) is 57.2 Å². The van der Waals surface area contributed by atoms with Crippen LogP contribution in [0.4, 0.5) is 0 Å². The molecule has 2 aromatic carbocycles. The Morgan fingerprint density at radius 3 is 2.39 bits per heavy atom. The molecule has 2 heterocycles. The molecule has 0 radical (unpaired) electrons. The minimum absolute atomic E-state index is 0.0769. The Morgan fingerprint density at radius 2 is 1.73 bits per heavy atom. The van der Waals surface area contributed by atoms with Crippen molar-refractivity contribution in [2.24, 2.45) is 0 Å². The number of hydrogen-bond donors (Lipinski definition) is 2. The fraction of sp³-hybridized carbons (Fsp3) is 0.375. The van der Waals surface area contributed by atoms with Crippen molar-refractivity contribution in [2.75, 3.05) is 21.3 Å². The maximum atomic E-state index is 14.3. The average Bonchev–Trinajstić information content (AvgIpc) is 3.67. The minimum Gasteiger partial charge on any atom is -0.493 e. The van der Waals surface area contributed by atoms with Crippen molar-refractivity contribution in [3.63, 3.8) is 0 Å². The van der Waals surface area contributed by atoms with Crippen LogP contribution < -0.4 is 19.5 Å². The predicted molar refractivity (Wildman–Crippen MR) is 161 cm³/mol. The number of benzene rings is 2. The maximum absolute atomic E-state index is 14.3. The van der Waals surface area contributed by atoms with E-state index in [-0.39, 0.29) is 30.8 Å². The van der Waals surface area contributed by atoms with Crippen molar-refractivity contribution in [1.82, 2.24) is 15.2 Å². The highest BCUT2D eigenvalue weighted by molar-refractivity contribution is 7.09. The third kappa shape index (κ3) is 6.35. The Labute approximate surface area is 244 Å². The number of aromatic nitrogens is 1. The zero-order chi connectivity index (χ0) is 28.8. The summed E-state index contributed by atoms with van der Waals surface area (Å²) in [5.74, 6) is 0.922. The van der Waals surface area contributed by atoms with Crippen LogP contribution in [0.3, 0.4) is 0 Å². The molecule has 4 aromatic rings. The molecule has 2 aromatic heterocycles. The number of rotatable bonds is 11. The van der Waals surface area contributed by atoms with E-state index in [1.54, 1.807) is 49.7 Å². The van der Waals surface area contributed by atoms with E-state index < -0.39 is 6.04 Å². The summed E-state index contributed by atoms with van der Waals surface area (Å²) >= 11 is 1.56. The summed E-state index contributed by atoms with van der Waals surface area (Å²) in [6.07, 6.45) is 7.23. The van der Waals surface area contributed by atoms with E-state index in [0.717, 1.165) is 47.0 Å². The zero-order valence-corrected chi connectivity index (χ0v) is 24.6. The lowest BCUT2D eigenvalue weighted by molar-refractivity contribution is -0.141. The molecule has 2 amide bonds. The number of nitrogens with zero attached hydrogens (tertiary/aromatic N) is 1. The number of fused-ring (bicyclic) bond motifs is 1. The van der Waals surface area contributed by atoms with Gasteiger partial charge >= 0.3 is 0 Å². The van der Waals surface area contributed by atoms with Crippen molar-refractivity contribution < 1.29 is 23.8 Å². The van der Waals surface area contributed by atoms with Crippen LogP contribution in [0.1, 0.15) is 54.1 Å². The lowest BCUT2D eigenvalue weighted by Crippen LogP contribution is -2.47. The van der Waals surface area contributed by atoms with Gasteiger partial charge in [0.1, 0.15) is 6.04 Å². The first-order chi connectivity index (χ1) is 20.0. The van der Waals surface area contributed by atoms with E-state index in [1.165, 1.54) is 6.42 Å². The summed E-state index contributed by atoms with van der Waals surface area (Å²) in [5.41, 5.74) is 2.45. The number of H-pyrrole nitrogens is 1. The van der Waals surface area contributed by atoms with Crippen LogP contribution in [0.15, 0.2) is 60.1 Å². The summed E-state index contributed by atoms with van der Waals surface area (Å²) in [4.78, 5) is 34.4. The van der Waals surface area contributed by atoms with Crippen LogP contribution in [-0.4, -0.2) is 49.1 Å². The summed E-state index contributed by atoms with van der Waals surface area (Å²) in [5, 5.41) is 6.25. The number of thiophene rings is 1. The van der Waals surface area contributed by atoms with Crippen LogP contribution in [0.2, 0.25) is 0 Å². The molecule has 216 valence electrons. The third-order valence-corrected chi connectivity index (χ3v) is 8.62. The molecule has 5 rings (SSSR count). The first-order valence-electron chi connectivity index (χ1n) is 14.0. The average molecular weight is 576 g/mol. The summed E-state index contributed by atoms with van der Waals surface area (Å²) < 4.78 is 16.8. The molecule has 1 saturated carbocycles. The second-order valence-corrected chi connectivity index (χ2v) is 11.4. The van der Waals surface area contributed by atoms with Gasteiger partial charge < -0.3 is 29.4 Å². The molecule has 1 aliphatic rings. The van der Waals surface area contributed by atoms with Gasteiger partial charge in [-0.1, -0.05) is 43.5 Å². The SMILES string of the molecule is COc1cc([C@@H](C(=O)NC2CCCCC2)N(Cc2cccs2)C(=O)Cc2c[nH]c3ccccc23)cc(OC)c1OC. The molecule has 8 nitrogen and oxygen atoms in total. The van der Waals surface area contributed by atoms with Crippen molar-refractivity contribution in [3.05, 3.63) is 76.1 Å². The highest BCUT2D eigenvalue weighted by Crippen LogP contribution is 2.41. The molecular weight excluding hydrogens is 538 g/mol. The molecule has 41 heavy (non-hydrogen) atoms. The number of carbonyl (C=O) groups is 2. The number of hydrogen-bond acceptors (Lipinski definition) is 6. The Balaban J connectivity index is 1.58. The number of para-hydroxylation sites is 1. The van der Waals surface area contributed by atoms with E-state index in [1.807, 2.05) is 48.0 Å². The van der Waals surface area contributed by atoms with Gasteiger partial charge in [-0.25, -0.2) is 0 Å². The Morgan fingerprint density at radius 1 is 1.00 bits per heavy atom. The number of aromatic amines is 1. The third-order valence-electron chi connectivity index (χ3n) is 7.76. The zero-order valence-electron chi connectivity index (χ0n) is 23.8. The van der Waals surface area contributed by atoms with Gasteiger partial charge in [-0.05, 0) is 53.6 Å². The van der Waals surface area contributed by atoms with E-state index >= 15 is 0 Å². The number of ether oxygens (including phenoxy) is 3. The molecule has 0 unspecified atom stereocenters. The second kappa shape index (κ2) is 13.1. The molecule has 1 atom stereocenters. The van der Waals surface area contributed by atoms with E-state index in [2.05, 4.69) is 10.3 Å². The van der Waals surface area contributed by atoms with Gasteiger partial charge in [-0.15, -0.1) is 11.3 Å². The summed E-state index contributed by atoms with van der Waals surface area (Å²) in [6, 6.07) is 14.6. The highest BCUT2D eigenvalue weighted by Gasteiger charge is 2.35. The quantitative estimate of drug-likeness (QED) is 0.228. The number of methoxy groups -OCH3 is 3. The number of carbonyl (C=O) groups excluding carboxylic acids is 2. The lowest BCUT2D eigenvalue weighted by Gasteiger charge is -2.33. The van der Waals surface area contributed by atoms with Gasteiger partial charge in [-0.3, -0.25) is 9.59 Å². The molecule has 0 saturated heterocycles. The lowest BCUT2D eigenvalue weighted by atomic mass is 9.94. The topological polar surface area (TPSA) is 92.9 Å². The first-order valence-corrected chi connectivity index (χ1v) is 14.9. The predicted octanol–water partition coefficient (Wildman–Crippen LogP) is 6.02. The van der Waals surface area contributed by atoms with Gasteiger partial charge in [0.15, 0.2) is 11.5 Å². The van der Waals surface area contributed by atoms with Gasteiger partial charge in [0, 0.05) is 28.0 Å². The van der Waals surface area contributed by atoms with E-state index in [4.69, 9.17) is 14.2 Å². The van der Waals surface area contributed by atoms with Gasteiger partial charge in [-0.2, -0.15) is 0 Å². The summed E-state index contributed by atoms with van der Waals surface area (Å²) in [7, 11) is 4.63. The fourth-order valence-electron chi connectivity index (χ4n) is 5.70. The number of amides is 2. The van der Waals surface area contributed by atoms with E-state index in [9.17, 15) is 9.59 Å². The highest BCUT2D eigenvalue weighted by atomic mass is 32.1. The molecule has 1 fully saturated rings. The number of nitrogens with one attached hydrogen (secondary N) is 2. The van der Waals surface area contributed by atoms with E-state index in [0.29, 0.717) is 22.8 Å². The standard InChI is InChI=1S/C32H37N3O5S/c1-38-27-16-21(17-28(39-2)31(27)40-3)30(32(37)34-23-10-5-4-6-11-23)35(20-24-12-9-15-41-24)29(36)18-22-19-33-26-14-8-7-13-25(22)26/h7-9,12-17,19,23,30,33H,4-6,10-11,18,20H2,1-3H3,(H,34,37)/t30-/m0/s1. The van der Waals surface area contributed by atoms with Crippen LogP contribution in [0, 0.1) is 0 Å². The Kier molecular flexibility index (Phi) is 9.14. The smallest absolute Gasteiger partial charge is 0.247 e. The van der Waals surface area contributed by atoms with Crippen molar-refractivity contribution in [3.8, 4) is 17.2 Å². The molecule has 9 heteroatoms. The molecule has 0 aliphatic heterocycles. The van der Waals surface area contributed by atoms with Crippen molar-refractivity contribution in [1.29, 1.82) is 0 Å².